The normalized spacial score (nSPS) is 24.8. The van der Waals surface area contributed by atoms with Gasteiger partial charge in [-0.25, -0.2) is 9.59 Å². The van der Waals surface area contributed by atoms with Crippen LogP contribution in [0.15, 0.2) is 60.7 Å². The van der Waals surface area contributed by atoms with Crippen molar-refractivity contribution in [1.82, 2.24) is 0 Å². The molecule has 0 aliphatic carbocycles. The first-order valence-corrected chi connectivity index (χ1v) is 8.06. The minimum atomic E-state index is -1.52. The van der Waals surface area contributed by atoms with E-state index in [4.69, 9.17) is 14.2 Å². The SMILES string of the molecule is O=C(OC1C(O)OC(CO)C1OC(=O)c1ccccc1)c1ccccc1. The van der Waals surface area contributed by atoms with Gasteiger partial charge in [-0.2, -0.15) is 0 Å². The minimum Gasteiger partial charge on any atom is -0.452 e. The van der Waals surface area contributed by atoms with Crippen molar-refractivity contribution in [3.05, 3.63) is 71.8 Å². The van der Waals surface area contributed by atoms with Crippen LogP contribution in [0, 0.1) is 0 Å². The van der Waals surface area contributed by atoms with Crippen LogP contribution in [-0.2, 0) is 14.2 Å². The van der Waals surface area contributed by atoms with E-state index in [1.165, 1.54) is 0 Å². The molecule has 7 heteroatoms. The highest BCUT2D eigenvalue weighted by Gasteiger charge is 2.49. The van der Waals surface area contributed by atoms with Gasteiger partial charge in [0.25, 0.3) is 0 Å². The number of carbonyl (C=O) groups excluding carboxylic acids is 2. The molecule has 0 bridgehead atoms. The Kier molecular flexibility index (Phi) is 5.62. The van der Waals surface area contributed by atoms with Crippen LogP contribution >= 0.6 is 0 Å². The van der Waals surface area contributed by atoms with Gasteiger partial charge in [0.05, 0.1) is 17.7 Å². The lowest BCUT2D eigenvalue weighted by atomic mass is 10.1. The molecule has 7 nitrogen and oxygen atoms in total. The standard InChI is InChI=1S/C19H18O7/c20-11-14-15(25-17(21)12-7-3-1-4-8-12)16(19(23)24-14)26-18(22)13-9-5-2-6-10-13/h1-10,14-16,19-20,23H,11H2. The van der Waals surface area contributed by atoms with Crippen molar-refractivity contribution in [2.24, 2.45) is 0 Å². The Labute approximate surface area is 149 Å². The lowest BCUT2D eigenvalue weighted by Crippen LogP contribution is -2.41. The maximum atomic E-state index is 12.3. The maximum Gasteiger partial charge on any atom is 0.338 e. The number of hydrogen-bond acceptors (Lipinski definition) is 7. The number of carbonyl (C=O) groups is 2. The van der Waals surface area contributed by atoms with Crippen LogP contribution in [0.5, 0.6) is 0 Å². The summed E-state index contributed by atoms with van der Waals surface area (Å²) < 4.78 is 15.8. The monoisotopic (exact) mass is 358 g/mol. The number of aliphatic hydroxyl groups excluding tert-OH is 2. The van der Waals surface area contributed by atoms with Gasteiger partial charge in [0.15, 0.2) is 18.5 Å². The molecule has 1 aliphatic heterocycles. The molecule has 4 unspecified atom stereocenters. The van der Waals surface area contributed by atoms with E-state index in [0.29, 0.717) is 5.56 Å². The van der Waals surface area contributed by atoms with Gasteiger partial charge in [-0.1, -0.05) is 36.4 Å². The lowest BCUT2D eigenvalue weighted by molar-refractivity contribution is -0.135. The average molecular weight is 358 g/mol. The molecule has 2 N–H and O–H groups in total. The Hall–Kier alpha value is -2.74. The van der Waals surface area contributed by atoms with Crippen molar-refractivity contribution >= 4 is 11.9 Å². The van der Waals surface area contributed by atoms with Gasteiger partial charge < -0.3 is 24.4 Å². The van der Waals surface area contributed by atoms with Crippen LogP contribution in [0.2, 0.25) is 0 Å². The third-order valence-corrected chi connectivity index (χ3v) is 3.97. The third-order valence-electron chi connectivity index (χ3n) is 3.97. The molecular weight excluding hydrogens is 340 g/mol. The van der Waals surface area contributed by atoms with Gasteiger partial charge >= 0.3 is 11.9 Å². The Morgan fingerprint density at radius 2 is 1.31 bits per heavy atom. The van der Waals surface area contributed by atoms with Crippen LogP contribution in [0.4, 0.5) is 0 Å². The van der Waals surface area contributed by atoms with Crippen LogP contribution in [-0.4, -0.2) is 53.4 Å². The minimum absolute atomic E-state index is 0.278. The smallest absolute Gasteiger partial charge is 0.338 e. The summed E-state index contributed by atoms with van der Waals surface area (Å²) in [6.45, 7) is -0.511. The van der Waals surface area contributed by atoms with Gasteiger partial charge in [0, 0.05) is 0 Å². The first kappa shape index (κ1) is 18.1. The molecule has 0 radical (unpaired) electrons. The van der Waals surface area contributed by atoms with Crippen molar-refractivity contribution in [3.63, 3.8) is 0 Å². The molecule has 136 valence electrons. The molecular formula is C19H18O7. The summed E-state index contributed by atoms with van der Waals surface area (Å²) >= 11 is 0. The van der Waals surface area contributed by atoms with Gasteiger partial charge in [-0.15, -0.1) is 0 Å². The number of hydrogen-bond donors (Lipinski definition) is 2. The van der Waals surface area contributed by atoms with Crippen molar-refractivity contribution in [3.8, 4) is 0 Å². The molecule has 2 aromatic rings. The van der Waals surface area contributed by atoms with E-state index in [1.54, 1.807) is 60.7 Å². The molecule has 4 atom stereocenters. The van der Waals surface area contributed by atoms with Crippen LogP contribution < -0.4 is 0 Å². The number of esters is 2. The van der Waals surface area contributed by atoms with Gasteiger partial charge in [0.1, 0.15) is 6.10 Å². The second-order valence-corrected chi connectivity index (χ2v) is 5.72. The van der Waals surface area contributed by atoms with E-state index < -0.39 is 43.1 Å². The average Bonchev–Trinajstić information content (AvgIpc) is 2.98. The Bertz CT molecular complexity index is 747. The Morgan fingerprint density at radius 1 is 0.846 bits per heavy atom. The zero-order chi connectivity index (χ0) is 18.5. The fraction of sp³-hybridized carbons (Fsp3) is 0.263. The largest absolute Gasteiger partial charge is 0.452 e. The summed E-state index contributed by atoms with van der Waals surface area (Å²) in [4.78, 5) is 24.5. The van der Waals surface area contributed by atoms with Crippen molar-refractivity contribution in [2.75, 3.05) is 6.61 Å². The van der Waals surface area contributed by atoms with Crippen LogP contribution in [0.1, 0.15) is 20.7 Å². The highest BCUT2D eigenvalue weighted by molar-refractivity contribution is 5.90. The molecule has 0 amide bonds. The molecule has 26 heavy (non-hydrogen) atoms. The first-order chi connectivity index (χ1) is 12.6. The first-order valence-electron chi connectivity index (χ1n) is 8.06. The van der Waals surface area contributed by atoms with Crippen molar-refractivity contribution in [1.29, 1.82) is 0 Å². The highest BCUT2D eigenvalue weighted by atomic mass is 16.7. The molecule has 2 aromatic carbocycles. The van der Waals surface area contributed by atoms with Gasteiger partial charge in [-0.05, 0) is 24.3 Å². The fourth-order valence-electron chi connectivity index (χ4n) is 2.65. The summed E-state index contributed by atoms with van der Waals surface area (Å²) in [5, 5.41) is 19.5. The number of benzene rings is 2. The molecule has 3 rings (SSSR count). The molecule has 1 heterocycles. The van der Waals surface area contributed by atoms with Gasteiger partial charge in [-0.3, -0.25) is 0 Å². The number of aliphatic hydroxyl groups is 2. The number of rotatable bonds is 5. The van der Waals surface area contributed by atoms with E-state index in [9.17, 15) is 19.8 Å². The summed E-state index contributed by atoms with van der Waals surface area (Å²) in [6.07, 6.45) is -4.93. The molecule has 0 spiro atoms. The molecule has 0 saturated carbocycles. The quantitative estimate of drug-likeness (QED) is 0.773. The Balaban J connectivity index is 1.76. The second kappa shape index (κ2) is 8.09. The zero-order valence-electron chi connectivity index (χ0n) is 13.7. The molecule has 1 fully saturated rings. The molecule has 1 saturated heterocycles. The van der Waals surface area contributed by atoms with Crippen LogP contribution in [0.25, 0.3) is 0 Å². The maximum absolute atomic E-state index is 12.3. The van der Waals surface area contributed by atoms with Gasteiger partial charge in [0.2, 0.25) is 0 Å². The summed E-state index contributed by atoms with van der Waals surface area (Å²) in [5.74, 6) is -1.37. The van der Waals surface area contributed by atoms with Crippen molar-refractivity contribution in [2.45, 2.75) is 24.6 Å². The van der Waals surface area contributed by atoms with Crippen molar-refractivity contribution < 1.29 is 34.0 Å². The highest BCUT2D eigenvalue weighted by Crippen LogP contribution is 2.27. The zero-order valence-corrected chi connectivity index (χ0v) is 13.7. The topological polar surface area (TPSA) is 102 Å². The molecule has 0 aromatic heterocycles. The fourth-order valence-corrected chi connectivity index (χ4v) is 2.65. The Morgan fingerprint density at radius 3 is 1.77 bits per heavy atom. The van der Waals surface area contributed by atoms with E-state index in [1.807, 2.05) is 0 Å². The summed E-state index contributed by atoms with van der Waals surface area (Å²) in [7, 11) is 0. The second-order valence-electron chi connectivity index (χ2n) is 5.72. The van der Waals surface area contributed by atoms with E-state index in [2.05, 4.69) is 0 Å². The van der Waals surface area contributed by atoms with Crippen LogP contribution in [0.3, 0.4) is 0 Å². The number of ether oxygens (including phenoxy) is 3. The van der Waals surface area contributed by atoms with E-state index >= 15 is 0 Å². The molecule has 1 aliphatic rings. The summed E-state index contributed by atoms with van der Waals surface area (Å²) in [6, 6.07) is 16.4. The predicted octanol–water partition coefficient (Wildman–Crippen LogP) is 1.15. The van der Waals surface area contributed by atoms with E-state index in [-0.39, 0.29) is 5.56 Å². The summed E-state index contributed by atoms with van der Waals surface area (Å²) in [5.41, 5.74) is 0.569. The predicted molar refractivity (Wildman–Crippen MR) is 89.3 cm³/mol. The van der Waals surface area contributed by atoms with E-state index in [0.717, 1.165) is 0 Å². The lowest BCUT2D eigenvalue weighted by Gasteiger charge is -2.22. The third kappa shape index (κ3) is 3.91.